The summed E-state index contributed by atoms with van der Waals surface area (Å²) in [5.74, 6) is -0.644. The van der Waals surface area contributed by atoms with Crippen LogP contribution in [0.2, 0.25) is 0 Å². The lowest BCUT2D eigenvalue weighted by Crippen LogP contribution is -2.25. The molecule has 0 aliphatic heterocycles. The fourth-order valence-electron chi connectivity index (χ4n) is 2.06. The van der Waals surface area contributed by atoms with Crippen molar-refractivity contribution in [2.24, 2.45) is 0 Å². The van der Waals surface area contributed by atoms with Crippen LogP contribution in [0.4, 0.5) is 5.69 Å². The minimum atomic E-state index is -1.07. The number of ether oxygens (including phenoxy) is 1. The number of benzene rings is 2. The predicted octanol–water partition coefficient (Wildman–Crippen LogP) is 3.07. The molecule has 2 rings (SSSR count). The minimum Gasteiger partial charge on any atom is -0.497 e. The van der Waals surface area contributed by atoms with Crippen molar-refractivity contribution < 1.29 is 19.4 Å². The zero-order valence-electron chi connectivity index (χ0n) is 12.9. The highest BCUT2D eigenvalue weighted by molar-refractivity contribution is 6.07. The normalized spacial score (nSPS) is 10.5. The maximum Gasteiger partial charge on any atom is 0.337 e. The first-order valence-corrected chi connectivity index (χ1v) is 6.95. The van der Waals surface area contributed by atoms with E-state index in [1.54, 1.807) is 50.6 Å². The van der Waals surface area contributed by atoms with Crippen LogP contribution in [-0.2, 0) is 4.79 Å². The number of carbonyl (C=O) groups excluding carboxylic acids is 1. The maximum absolute atomic E-state index is 12.2. The number of likely N-dealkylation sites (N-methyl/N-ethyl adjacent to an activating group) is 1. The number of hydrogen-bond donors (Lipinski definition) is 1. The molecule has 1 N–H and O–H groups in total. The van der Waals surface area contributed by atoms with Crippen LogP contribution in [0.3, 0.4) is 0 Å². The van der Waals surface area contributed by atoms with Gasteiger partial charge in [0.05, 0.1) is 18.4 Å². The number of methoxy groups -OCH3 is 1. The lowest BCUT2D eigenvalue weighted by Gasteiger charge is -2.17. The average molecular weight is 311 g/mol. The van der Waals surface area contributed by atoms with Gasteiger partial charge in [0.25, 0.3) is 5.91 Å². The minimum absolute atomic E-state index is 0.0844. The summed E-state index contributed by atoms with van der Waals surface area (Å²) in [4.78, 5) is 24.8. The molecular weight excluding hydrogens is 294 g/mol. The van der Waals surface area contributed by atoms with Gasteiger partial charge in [-0.25, -0.2) is 4.79 Å². The molecule has 0 heterocycles. The Morgan fingerprint density at radius 3 is 2.35 bits per heavy atom. The number of aromatic carboxylic acids is 1. The molecule has 2 aromatic rings. The molecule has 5 nitrogen and oxygen atoms in total. The van der Waals surface area contributed by atoms with Crippen molar-refractivity contribution in [3.8, 4) is 5.75 Å². The number of para-hydroxylation sites is 1. The summed E-state index contributed by atoms with van der Waals surface area (Å²) in [6.07, 6.45) is 3.07. The Labute approximate surface area is 134 Å². The van der Waals surface area contributed by atoms with Gasteiger partial charge in [-0.15, -0.1) is 0 Å². The first-order chi connectivity index (χ1) is 11.0. The average Bonchev–Trinajstić information content (AvgIpc) is 2.59. The van der Waals surface area contributed by atoms with Crippen molar-refractivity contribution in [2.45, 2.75) is 0 Å². The Morgan fingerprint density at radius 1 is 1.09 bits per heavy atom. The van der Waals surface area contributed by atoms with E-state index in [9.17, 15) is 14.7 Å². The highest BCUT2D eigenvalue weighted by Gasteiger charge is 2.15. The van der Waals surface area contributed by atoms with Gasteiger partial charge in [-0.05, 0) is 35.9 Å². The largest absolute Gasteiger partial charge is 0.497 e. The molecule has 0 aliphatic rings. The van der Waals surface area contributed by atoms with Crippen LogP contribution in [0.5, 0.6) is 5.75 Å². The van der Waals surface area contributed by atoms with Gasteiger partial charge in [0, 0.05) is 13.1 Å². The van der Waals surface area contributed by atoms with Crippen LogP contribution in [0.25, 0.3) is 6.08 Å². The Kier molecular flexibility index (Phi) is 5.15. The highest BCUT2D eigenvalue weighted by Crippen LogP contribution is 2.20. The van der Waals surface area contributed by atoms with Gasteiger partial charge in [0.15, 0.2) is 0 Å². The molecule has 2 aromatic carbocycles. The van der Waals surface area contributed by atoms with Crippen molar-refractivity contribution in [1.82, 2.24) is 0 Å². The molecular formula is C18H17NO4. The Morgan fingerprint density at radius 2 is 1.74 bits per heavy atom. The van der Waals surface area contributed by atoms with E-state index in [-0.39, 0.29) is 11.5 Å². The number of anilines is 1. The number of hydrogen-bond acceptors (Lipinski definition) is 3. The summed E-state index contributed by atoms with van der Waals surface area (Å²) in [6, 6.07) is 13.6. The Balaban J connectivity index is 2.16. The van der Waals surface area contributed by atoms with Crippen LogP contribution in [0.15, 0.2) is 54.6 Å². The molecule has 1 amide bonds. The fraction of sp³-hybridized carbons (Fsp3) is 0.111. The van der Waals surface area contributed by atoms with Crippen molar-refractivity contribution >= 4 is 23.6 Å². The maximum atomic E-state index is 12.2. The van der Waals surface area contributed by atoms with E-state index in [0.29, 0.717) is 5.69 Å². The van der Waals surface area contributed by atoms with Gasteiger partial charge < -0.3 is 14.7 Å². The molecule has 118 valence electrons. The van der Waals surface area contributed by atoms with E-state index in [0.717, 1.165) is 11.3 Å². The lowest BCUT2D eigenvalue weighted by atomic mass is 10.1. The molecule has 23 heavy (non-hydrogen) atoms. The van der Waals surface area contributed by atoms with Crippen LogP contribution in [-0.4, -0.2) is 31.1 Å². The molecule has 0 bridgehead atoms. The zero-order chi connectivity index (χ0) is 16.8. The van der Waals surface area contributed by atoms with Crippen molar-refractivity contribution in [3.05, 3.63) is 65.7 Å². The SMILES string of the molecule is COc1ccc(/C=C/C(=O)N(C)c2ccccc2C(=O)O)cc1. The predicted molar refractivity (Wildman–Crippen MR) is 88.8 cm³/mol. The first-order valence-electron chi connectivity index (χ1n) is 6.95. The molecule has 0 saturated heterocycles. The van der Waals surface area contributed by atoms with Gasteiger partial charge in [-0.3, -0.25) is 4.79 Å². The summed E-state index contributed by atoms with van der Waals surface area (Å²) in [5.41, 5.74) is 1.28. The van der Waals surface area contributed by atoms with Crippen LogP contribution >= 0.6 is 0 Å². The van der Waals surface area contributed by atoms with Gasteiger partial charge >= 0.3 is 5.97 Å². The summed E-state index contributed by atoms with van der Waals surface area (Å²) >= 11 is 0. The summed E-state index contributed by atoms with van der Waals surface area (Å²) in [7, 11) is 3.13. The molecule has 5 heteroatoms. The monoisotopic (exact) mass is 311 g/mol. The topological polar surface area (TPSA) is 66.8 Å². The molecule has 0 aliphatic carbocycles. The fourth-order valence-corrected chi connectivity index (χ4v) is 2.06. The van der Waals surface area contributed by atoms with E-state index >= 15 is 0 Å². The Bertz CT molecular complexity index is 735. The highest BCUT2D eigenvalue weighted by atomic mass is 16.5. The summed E-state index contributed by atoms with van der Waals surface area (Å²) < 4.78 is 5.07. The zero-order valence-corrected chi connectivity index (χ0v) is 12.9. The van der Waals surface area contributed by atoms with E-state index in [4.69, 9.17) is 4.74 Å². The second-order valence-electron chi connectivity index (χ2n) is 4.83. The second kappa shape index (κ2) is 7.26. The van der Waals surface area contributed by atoms with Crippen LogP contribution in [0, 0.1) is 0 Å². The number of amides is 1. The van der Waals surface area contributed by atoms with Crippen molar-refractivity contribution in [1.29, 1.82) is 0 Å². The first kappa shape index (κ1) is 16.3. The number of nitrogens with zero attached hydrogens (tertiary/aromatic N) is 1. The van der Waals surface area contributed by atoms with Crippen LogP contribution < -0.4 is 9.64 Å². The lowest BCUT2D eigenvalue weighted by molar-refractivity contribution is -0.113. The van der Waals surface area contributed by atoms with E-state index in [1.807, 2.05) is 12.1 Å². The van der Waals surface area contributed by atoms with Gasteiger partial charge in [-0.1, -0.05) is 24.3 Å². The molecule has 0 fully saturated rings. The quantitative estimate of drug-likeness (QED) is 0.862. The molecule has 0 unspecified atom stereocenters. The van der Waals surface area contributed by atoms with Gasteiger partial charge in [0.1, 0.15) is 5.75 Å². The van der Waals surface area contributed by atoms with E-state index in [2.05, 4.69) is 0 Å². The third-order valence-corrected chi connectivity index (χ3v) is 3.36. The molecule has 0 radical (unpaired) electrons. The third kappa shape index (κ3) is 3.97. The Hall–Kier alpha value is -3.08. The molecule has 0 atom stereocenters. The number of rotatable bonds is 5. The van der Waals surface area contributed by atoms with E-state index in [1.165, 1.54) is 17.0 Å². The van der Waals surface area contributed by atoms with Gasteiger partial charge in [-0.2, -0.15) is 0 Å². The summed E-state index contributed by atoms with van der Waals surface area (Å²) in [5, 5.41) is 9.19. The number of carboxylic acids is 1. The van der Waals surface area contributed by atoms with Crippen molar-refractivity contribution in [2.75, 3.05) is 19.1 Å². The smallest absolute Gasteiger partial charge is 0.337 e. The summed E-state index contributed by atoms with van der Waals surface area (Å²) in [6.45, 7) is 0. The number of carbonyl (C=O) groups is 2. The number of carboxylic acid groups (broad SMARTS) is 1. The molecule has 0 spiro atoms. The second-order valence-corrected chi connectivity index (χ2v) is 4.83. The van der Waals surface area contributed by atoms with E-state index < -0.39 is 5.97 Å². The third-order valence-electron chi connectivity index (χ3n) is 3.36. The molecule has 0 saturated carbocycles. The van der Waals surface area contributed by atoms with Crippen LogP contribution in [0.1, 0.15) is 15.9 Å². The standard InChI is InChI=1S/C18H17NO4/c1-19(16-6-4-3-5-15(16)18(21)22)17(20)12-9-13-7-10-14(23-2)11-8-13/h3-12H,1-2H3,(H,21,22)/b12-9+. The van der Waals surface area contributed by atoms with Gasteiger partial charge in [0.2, 0.25) is 0 Å². The molecule has 0 aromatic heterocycles. The van der Waals surface area contributed by atoms with Crippen molar-refractivity contribution in [3.63, 3.8) is 0 Å².